The smallest absolute Gasteiger partial charge is 0.119 e. The molecule has 102 valence electrons. The lowest BCUT2D eigenvalue weighted by Crippen LogP contribution is -2.17. The van der Waals surface area contributed by atoms with Gasteiger partial charge in [0.1, 0.15) is 5.75 Å². The normalized spacial score (nSPS) is 12.4. The van der Waals surface area contributed by atoms with Gasteiger partial charge in [-0.3, -0.25) is 0 Å². The van der Waals surface area contributed by atoms with Crippen LogP contribution in [-0.2, 0) is 6.54 Å². The first kappa shape index (κ1) is 14.1. The van der Waals surface area contributed by atoms with Crippen molar-refractivity contribution < 1.29 is 4.74 Å². The van der Waals surface area contributed by atoms with Crippen LogP contribution in [0.3, 0.4) is 0 Å². The monoisotopic (exact) mass is 275 g/mol. The predicted octanol–water partition coefficient (Wildman–Crippen LogP) is 4.22. The van der Waals surface area contributed by atoms with Gasteiger partial charge in [0.05, 0.1) is 7.11 Å². The molecule has 0 aliphatic rings. The first-order valence-electron chi connectivity index (χ1n) is 6.53. The van der Waals surface area contributed by atoms with Gasteiger partial charge in [0.2, 0.25) is 0 Å². The minimum Gasteiger partial charge on any atom is -0.497 e. The van der Waals surface area contributed by atoms with Gasteiger partial charge < -0.3 is 10.1 Å². The fraction of sp³-hybridized carbons (Fsp3) is 0.375. The number of nitrogens with one attached hydrogen (secondary N) is 1. The Kier molecular flexibility index (Phi) is 4.61. The van der Waals surface area contributed by atoms with Crippen molar-refractivity contribution in [2.45, 2.75) is 33.4 Å². The fourth-order valence-corrected chi connectivity index (χ4v) is 3.02. The van der Waals surface area contributed by atoms with E-state index < -0.39 is 0 Å². The van der Waals surface area contributed by atoms with Crippen molar-refractivity contribution in [1.29, 1.82) is 0 Å². The molecule has 0 aliphatic carbocycles. The van der Waals surface area contributed by atoms with E-state index in [1.165, 1.54) is 20.9 Å². The van der Waals surface area contributed by atoms with Gasteiger partial charge in [-0.1, -0.05) is 12.1 Å². The Morgan fingerprint density at radius 3 is 2.68 bits per heavy atom. The number of benzene rings is 1. The molecule has 1 aromatic heterocycles. The third kappa shape index (κ3) is 3.58. The fourth-order valence-electron chi connectivity index (χ4n) is 2.02. The van der Waals surface area contributed by atoms with Gasteiger partial charge >= 0.3 is 0 Å². The predicted molar refractivity (Wildman–Crippen MR) is 82.0 cm³/mol. The zero-order valence-corrected chi connectivity index (χ0v) is 12.8. The van der Waals surface area contributed by atoms with Gasteiger partial charge in [0.25, 0.3) is 0 Å². The zero-order chi connectivity index (χ0) is 13.8. The molecule has 1 aromatic carbocycles. The summed E-state index contributed by atoms with van der Waals surface area (Å²) in [6.45, 7) is 7.44. The largest absolute Gasteiger partial charge is 0.497 e. The second-order valence-electron chi connectivity index (χ2n) is 4.83. The average molecular weight is 275 g/mol. The van der Waals surface area contributed by atoms with Crippen LogP contribution in [0.4, 0.5) is 0 Å². The van der Waals surface area contributed by atoms with Gasteiger partial charge in [-0.25, -0.2) is 0 Å². The lowest BCUT2D eigenvalue weighted by atomic mass is 10.1. The van der Waals surface area contributed by atoms with Crippen molar-refractivity contribution >= 4 is 11.3 Å². The summed E-state index contributed by atoms with van der Waals surface area (Å²) in [6.07, 6.45) is 0. The van der Waals surface area contributed by atoms with Crippen LogP contribution >= 0.6 is 11.3 Å². The molecule has 0 amide bonds. The molecule has 2 nitrogen and oxygen atoms in total. The standard InChI is InChI=1S/C16H21NOS/c1-11-8-16(19-13(11)3)10-17-12(2)14-6-5-7-15(9-14)18-4/h5-9,12,17H,10H2,1-4H3. The maximum atomic E-state index is 5.26. The maximum absolute atomic E-state index is 5.26. The molecule has 1 N–H and O–H groups in total. The molecule has 1 unspecified atom stereocenters. The molecule has 0 bridgehead atoms. The number of hydrogen-bond acceptors (Lipinski definition) is 3. The lowest BCUT2D eigenvalue weighted by Gasteiger charge is -2.14. The maximum Gasteiger partial charge on any atom is 0.119 e. The minimum absolute atomic E-state index is 0.317. The lowest BCUT2D eigenvalue weighted by molar-refractivity contribution is 0.413. The number of aryl methyl sites for hydroxylation is 2. The Labute approximate surface area is 119 Å². The third-order valence-corrected chi connectivity index (χ3v) is 4.55. The topological polar surface area (TPSA) is 21.3 Å². The van der Waals surface area contributed by atoms with Gasteiger partial charge in [0, 0.05) is 22.3 Å². The molecule has 0 saturated heterocycles. The summed E-state index contributed by atoms with van der Waals surface area (Å²) in [5.74, 6) is 0.911. The molecular weight excluding hydrogens is 254 g/mol. The summed E-state index contributed by atoms with van der Waals surface area (Å²) < 4.78 is 5.26. The first-order valence-corrected chi connectivity index (χ1v) is 7.35. The molecule has 3 heteroatoms. The summed E-state index contributed by atoms with van der Waals surface area (Å²) in [5.41, 5.74) is 2.64. The number of ether oxygens (including phenoxy) is 1. The van der Waals surface area contributed by atoms with E-state index in [-0.39, 0.29) is 0 Å². The van der Waals surface area contributed by atoms with E-state index in [0.717, 1.165) is 12.3 Å². The van der Waals surface area contributed by atoms with Crippen molar-refractivity contribution in [1.82, 2.24) is 5.32 Å². The Bertz CT molecular complexity index is 528. The van der Waals surface area contributed by atoms with E-state index >= 15 is 0 Å². The van der Waals surface area contributed by atoms with Crippen molar-refractivity contribution in [2.24, 2.45) is 0 Å². The Morgan fingerprint density at radius 1 is 1.26 bits per heavy atom. The highest BCUT2D eigenvalue weighted by atomic mass is 32.1. The van der Waals surface area contributed by atoms with Gasteiger partial charge in [0.15, 0.2) is 0 Å². The highest BCUT2D eigenvalue weighted by molar-refractivity contribution is 7.12. The second-order valence-corrected chi connectivity index (χ2v) is 6.17. The molecule has 0 spiro atoms. The van der Waals surface area contributed by atoms with E-state index in [0.29, 0.717) is 6.04 Å². The van der Waals surface area contributed by atoms with E-state index in [2.05, 4.69) is 44.3 Å². The molecular formula is C16H21NOS. The molecule has 0 saturated carbocycles. The number of rotatable bonds is 5. The summed E-state index contributed by atoms with van der Waals surface area (Å²) >= 11 is 1.87. The molecule has 2 aromatic rings. The Hall–Kier alpha value is -1.32. The number of methoxy groups -OCH3 is 1. The SMILES string of the molecule is COc1cccc(C(C)NCc2cc(C)c(C)s2)c1. The van der Waals surface area contributed by atoms with Crippen molar-refractivity contribution in [3.8, 4) is 5.75 Å². The molecule has 0 aliphatic heterocycles. The molecule has 1 heterocycles. The molecule has 0 fully saturated rings. The van der Waals surface area contributed by atoms with Crippen LogP contribution in [0.2, 0.25) is 0 Å². The number of thiophene rings is 1. The average Bonchev–Trinajstić information content (AvgIpc) is 2.75. The molecule has 1 atom stereocenters. The summed E-state index contributed by atoms with van der Waals surface area (Å²) in [7, 11) is 1.70. The van der Waals surface area contributed by atoms with Gasteiger partial charge in [-0.15, -0.1) is 11.3 Å². The Balaban J connectivity index is 1.98. The van der Waals surface area contributed by atoms with Gasteiger partial charge in [-0.2, -0.15) is 0 Å². The summed E-state index contributed by atoms with van der Waals surface area (Å²) in [4.78, 5) is 2.80. The second kappa shape index (κ2) is 6.22. The van der Waals surface area contributed by atoms with E-state index in [4.69, 9.17) is 4.74 Å². The van der Waals surface area contributed by atoms with E-state index in [1.807, 2.05) is 23.5 Å². The highest BCUT2D eigenvalue weighted by Gasteiger charge is 2.07. The van der Waals surface area contributed by atoms with Crippen molar-refractivity contribution in [3.63, 3.8) is 0 Å². The third-order valence-electron chi connectivity index (χ3n) is 3.39. The van der Waals surface area contributed by atoms with E-state index in [9.17, 15) is 0 Å². The first-order chi connectivity index (χ1) is 9.10. The Morgan fingerprint density at radius 2 is 2.05 bits per heavy atom. The van der Waals surface area contributed by atoms with Crippen molar-refractivity contribution in [2.75, 3.05) is 7.11 Å². The quantitative estimate of drug-likeness (QED) is 0.882. The van der Waals surface area contributed by atoms with Crippen LogP contribution in [0, 0.1) is 13.8 Å². The van der Waals surface area contributed by atoms with Crippen LogP contribution < -0.4 is 10.1 Å². The van der Waals surface area contributed by atoms with Gasteiger partial charge in [-0.05, 0) is 50.1 Å². The van der Waals surface area contributed by atoms with Crippen LogP contribution in [0.15, 0.2) is 30.3 Å². The molecule has 2 rings (SSSR count). The van der Waals surface area contributed by atoms with Crippen LogP contribution in [-0.4, -0.2) is 7.11 Å². The van der Waals surface area contributed by atoms with E-state index in [1.54, 1.807) is 7.11 Å². The molecule has 0 radical (unpaired) electrons. The highest BCUT2D eigenvalue weighted by Crippen LogP contribution is 2.22. The van der Waals surface area contributed by atoms with Crippen LogP contribution in [0.1, 0.15) is 33.8 Å². The molecule has 19 heavy (non-hydrogen) atoms. The summed E-state index contributed by atoms with van der Waals surface area (Å²) in [6, 6.07) is 10.8. The van der Waals surface area contributed by atoms with Crippen molar-refractivity contribution in [3.05, 3.63) is 51.2 Å². The zero-order valence-electron chi connectivity index (χ0n) is 12.0. The number of hydrogen-bond donors (Lipinski definition) is 1. The minimum atomic E-state index is 0.317. The van der Waals surface area contributed by atoms with Crippen LogP contribution in [0.5, 0.6) is 5.75 Å². The van der Waals surface area contributed by atoms with Crippen LogP contribution in [0.25, 0.3) is 0 Å². The summed E-state index contributed by atoms with van der Waals surface area (Å²) in [5, 5.41) is 3.56.